The molecule has 0 saturated carbocycles. The molecule has 1 saturated heterocycles. The number of piperidine rings is 1. The quantitative estimate of drug-likeness (QED) is 0.853. The molecule has 2 N–H and O–H groups in total. The van der Waals surface area contributed by atoms with Gasteiger partial charge >= 0.3 is 0 Å². The minimum absolute atomic E-state index is 0.292. The predicted molar refractivity (Wildman–Crippen MR) is 82.9 cm³/mol. The summed E-state index contributed by atoms with van der Waals surface area (Å²) in [7, 11) is 1.80. The third-order valence-electron chi connectivity index (χ3n) is 4.28. The first-order chi connectivity index (χ1) is 9.69. The highest BCUT2D eigenvalue weighted by atomic mass is 16.5. The van der Waals surface area contributed by atoms with Crippen molar-refractivity contribution in [1.82, 2.24) is 4.98 Å². The molecule has 2 heterocycles. The van der Waals surface area contributed by atoms with E-state index in [1.165, 1.54) is 5.69 Å². The fraction of sp³-hybridized carbons (Fsp3) is 0.438. The largest absolute Gasteiger partial charge is 0.399 e. The summed E-state index contributed by atoms with van der Waals surface area (Å²) in [5.74, 6) is 0.611. The first-order valence-corrected chi connectivity index (χ1v) is 7.11. The Kier molecular flexibility index (Phi) is 3.49. The third-order valence-corrected chi connectivity index (χ3v) is 4.28. The molecule has 106 valence electrons. The molecule has 4 heteroatoms. The molecule has 2 aromatic rings. The summed E-state index contributed by atoms with van der Waals surface area (Å²) in [6.07, 6.45) is 3.30. The number of nitrogens with zero attached hydrogens (tertiary/aromatic N) is 2. The summed E-state index contributed by atoms with van der Waals surface area (Å²) in [5.41, 5.74) is 8.77. The lowest BCUT2D eigenvalue weighted by Gasteiger charge is -2.38. The molecule has 0 radical (unpaired) electrons. The molecule has 1 aliphatic heterocycles. The summed E-state index contributed by atoms with van der Waals surface area (Å²) < 4.78 is 5.61. The molecule has 1 aromatic carbocycles. The number of fused-ring (bicyclic) bond motifs is 1. The van der Waals surface area contributed by atoms with E-state index < -0.39 is 0 Å². The van der Waals surface area contributed by atoms with Gasteiger partial charge in [-0.3, -0.25) is 4.98 Å². The second kappa shape index (κ2) is 5.29. The highest BCUT2D eigenvalue weighted by Crippen LogP contribution is 2.30. The maximum absolute atomic E-state index is 5.84. The summed E-state index contributed by atoms with van der Waals surface area (Å²) in [6.45, 7) is 4.25. The lowest BCUT2D eigenvalue weighted by Crippen LogP contribution is -2.44. The maximum atomic E-state index is 5.84. The zero-order valence-corrected chi connectivity index (χ0v) is 12.0. The topological polar surface area (TPSA) is 51.4 Å². The van der Waals surface area contributed by atoms with Crippen LogP contribution < -0.4 is 10.6 Å². The van der Waals surface area contributed by atoms with E-state index in [1.807, 2.05) is 18.3 Å². The van der Waals surface area contributed by atoms with E-state index in [0.29, 0.717) is 12.0 Å². The van der Waals surface area contributed by atoms with Crippen LogP contribution in [0.1, 0.15) is 13.3 Å². The number of hydrogen-bond donors (Lipinski definition) is 1. The van der Waals surface area contributed by atoms with Gasteiger partial charge in [0.15, 0.2) is 0 Å². The van der Waals surface area contributed by atoms with E-state index >= 15 is 0 Å². The van der Waals surface area contributed by atoms with Crippen molar-refractivity contribution in [3.63, 3.8) is 0 Å². The third kappa shape index (κ3) is 2.31. The Morgan fingerprint density at radius 2 is 2.20 bits per heavy atom. The van der Waals surface area contributed by atoms with Gasteiger partial charge in [0.1, 0.15) is 0 Å². The lowest BCUT2D eigenvalue weighted by molar-refractivity contribution is 0.0499. The van der Waals surface area contributed by atoms with Crippen LogP contribution >= 0.6 is 0 Å². The predicted octanol–water partition coefficient (Wildman–Crippen LogP) is 2.68. The summed E-state index contributed by atoms with van der Waals surface area (Å²) in [5, 5.41) is 1.16. The van der Waals surface area contributed by atoms with Crippen molar-refractivity contribution in [3.05, 3.63) is 30.5 Å². The van der Waals surface area contributed by atoms with Crippen LogP contribution in [0.3, 0.4) is 0 Å². The first-order valence-electron chi connectivity index (χ1n) is 7.11. The fourth-order valence-electron chi connectivity index (χ4n) is 2.99. The standard InChI is InChI=1S/C16H21N3O/c1-11-6-8-19(10-16(11)20-2)15-5-7-18-14-9-12(17)3-4-13(14)15/h3-5,7,9,11,16H,6,8,10,17H2,1-2H3. The van der Waals surface area contributed by atoms with Crippen LogP contribution in [0.4, 0.5) is 11.4 Å². The van der Waals surface area contributed by atoms with Gasteiger partial charge in [-0.05, 0) is 36.6 Å². The Bertz CT molecular complexity index is 614. The highest BCUT2D eigenvalue weighted by Gasteiger charge is 2.26. The van der Waals surface area contributed by atoms with Gasteiger partial charge in [-0.2, -0.15) is 0 Å². The molecule has 20 heavy (non-hydrogen) atoms. The van der Waals surface area contributed by atoms with E-state index in [9.17, 15) is 0 Å². The molecule has 0 bridgehead atoms. The summed E-state index contributed by atoms with van der Waals surface area (Å²) >= 11 is 0. The van der Waals surface area contributed by atoms with Gasteiger partial charge in [-0.15, -0.1) is 0 Å². The number of methoxy groups -OCH3 is 1. The Hall–Kier alpha value is -1.81. The number of nitrogens with two attached hydrogens (primary N) is 1. The number of pyridine rings is 1. The minimum Gasteiger partial charge on any atom is -0.399 e. The average Bonchev–Trinajstić information content (AvgIpc) is 2.47. The average molecular weight is 271 g/mol. The van der Waals surface area contributed by atoms with Gasteiger partial charge in [0.25, 0.3) is 0 Å². The Morgan fingerprint density at radius 1 is 1.35 bits per heavy atom. The van der Waals surface area contributed by atoms with Gasteiger partial charge in [-0.1, -0.05) is 6.92 Å². The van der Waals surface area contributed by atoms with Gasteiger partial charge in [0, 0.05) is 43.2 Å². The van der Waals surface area contributed by atoms with Crippen LogP contribution in [-0.2, 0) is 4.74 Å². The maximum Gasteiger partial charge on any atom is 0.0772 e. The van der Waals surface area contributed by atoms with Gasteiger partial charge in [-0.25, -0.2) is 0 Å². The normalized spacial score (nSPS) is 23.2. The highest BCUT2D eigenvalue weighted by molar-refractivity contribution is 5.93. The smallest absolute Gasteiger partial charge is 0.0772 e. The van der Waals surface area contributed by atoms with Gasteiger partial charge < -0.3 is 15.4 Å². The number of aromatic nitrogens is 1. The van der Waals surface area contributed by atoms with Crippen molar-refractivity contribution in [3.8, 4) is 0 Å². The number of anilines is 2. The molecule has 0 aliphatic carbocycles. The van der Waals surface area contributed by atoms with Crippen molar-refractivity contribution in [2.24, 2.45) is 5.92 Å². The van der Waals surface area contributed by atoms with Crippen molar-refractivity contribution >= 4 is 22.3 Å². The molecule has 2 unspecified atom stereocenters. The lowest BCUT2D eigenvalue weighted by atomic mass is 9.95. The van der Waals surface area contributed by atoms with Crippen LogP contribution in [0, 0.1) is 5.92 Å². The molecule has 1 fully saturated rings. The van der Waals surface area contributed by atoms with Crippen molar-refractivity contribution in [2.45, 2.75) is 19.4 Å². The number of ether oxygens (including phenoxy) is 1. The number of hydrogen-bond acceptors (Lipinski definition) is 4. The molecule has 2 atom stereocenters. The Morgan fingerprint density at radius 3 is 3.00 bits per heavy atom. The van der Waals surface area contributed by atoms with Crippen LogP contribution in [-0.4, -0.2) is 31.3 Å². The van der Waals surface area contributed by atoms with E-state index in [2.05, 4.69) is 28.9 Å². The van der Waals surface area contributed by atoms with E-state index in [1.54, 1.807) is 7.11 Å². The van der Waals surface area contributed by atoms with Crippen LogP contribution in [0.25, 0.3) is 10.9 Å². The van der Waals surface area contributed by atoms with E-state index in [0.717, 1.165) is 36.1 Å². The van der Waals surface area contributed by atoms with Crippen LogP contribution in [0.5, 0.6) is 0 Å². The molecule has 0 spiro atoms. The Labute approximate surface area is 119 Å². The zero-order valence-electron chi connectivity index (χ0n) is 12.0. The SMILES string of the molecule is COC1CN(c2ccnc3cc(N)ccc23)CCC1C. The van der Waals surface area contributed by atoms with Crippen molar-refractivity contribution < 1.29 is 4.74 Å². The second-order valence-electron chi connectivity index (χ2n) is 5.59. The number of benzene rings is 1. The number of rotatable bonds is 2. The first kappa shape index (κ1) is 13.2. The van der Waals surface area contributed by atoms with Crippen molar-refractivity contribution in [1.29, 1.82) is 0 Å². The minimum atomic E-state index is 0.292. The molecule has 3 rings (SSSR count). The molecular weight excluding hydrogens is 250 g/mol. The van der Waals surface area contributed by atoms with Gasteiger partial charge in [0.2, 0.25) is 0 Å². The van der Waals surface area contributed by atoms with Crippen molar-refractivity contribution in [2.75, 3.05) is 30.8 Å². The fourth-order valence-corrected chi connectivity index (χ4v) is 2.99. The van der Waals surface area contributed by atoms with E-state index in [-0.39, 0.29) is 0 Å². The number of nitrogen functional groups attached to an aromatic ring is 1. The van der Waals surface area contributed by atoms with Crippen LogP contribution in [0.15, 0.2) is 30.5 Å². The van der Waals surface area contributed by atoms with Crippen LogP contribution in [0.2, 0.25) is 0 Å². The molecule has 1 aromatic heterocycles. The van der Waals surface area contributed by atoms with Gasteiger partial charge in [0.05, 0.1) is 11.6 Å². The summed E-state index contributed by atoms with van der Waals surface area (Å²) in [6, 6.07) is 8.02. The molecular formula is C16H21N3O. The molecule has 0 amide bonds. The summed E-state index contributed by atoms with van der Waals surface area (Å²) in [4.78, 5) is 6.81. The molecule has 1 aliphatic rings. The second-order valence-corrected chi connectivity index (χ2v) is 5.59. The molecule has 4 nitrogen and oxygen atoms in total. The Balaban J connectivity index is 1.98. The van der Waals surface area contributed by atoms with E-state index in [4.69, 9.17) is 10.5 Å². The monoisotopic (exact) mass is 271 g/mol. The zero-order chi connectivity index (χ0) is 14.1.